The largest absolute Gasteiger partial charge is 0.388 e. The maximum absolute atomic E-state index is 11.7. The molecule has 1 aliphatic carbocycles. The van der Waals surface area contributed by atoms with Crippen LogP contribution < -0.4 is 5.32 Å². The van der Waals surface area contributed by atoms with Crippen LogP contribution in [0.4, 0.5) is 0 Å². The van der Waals surface area contributed by atoms with Gasteiger partial charge in [-0.05, 0) is 26.2 Å². The minimum Gasteiger partial charge on any atom is -0.388 e. The molecule has 1 unspecified atom stereocenters. The van der Waals surface area contributed by atoms with Gasteiger partial charge in [0.25, 0.3) is 0 Å². The summed E-state index contributed by atoms with van der Waals surface area (Å²) in [7, 11) is 1.65. The quantitative estimate of drug-likeness (QED) is 0.716. The zero-order valence-electron chi connectivity index (χ0n) is 11.7. The lowest BCUT2D eigenvalue weighted by Gasteiger charge is -2.26. The number of aliphatic hydroxyl groups is 1. The third-order valence-corrected chi connectivity index (χ3v) is 3.83. The van der Waals surface area contributed by atoms with Crippen LogP contribution in [-0.4, -0.2) is 36.4 Å². The van der Waals surface area contributed by atoms with Gasteiger partial charge in [-0.1, -0.05) is 25.7 Å². The standard InChI is InChI=1S/C14H27NO3/c1-12(18-2)7-8-13(16)15-11-14(17)9-5-3-4-6-10-14/h12,17H,3-11H2,1-2H3,(H,15,16). The first-order chi connectivity index (χ1) is 8.56. The number of carbonyl (C=O) groups excluding carboxylic acids is 1. The van der Waals surface area contributed by atoms with E-state index in [0.29, 0.717) is 13.0 Å². The van der Waals surface area contributed by atoms with Crippen LogP contribution in [0.15, 0.2) is 0 Å². The Kier molecular flexibility index (Phi) is 6.65. The molecule has 1 atom stereocenters. The Morgan fingerprint density at radius 1 is 1.33 bits per heavy atom. The van der Waals surface area contributed by atoms with Crippen molar-refractivity contribution in [3.05, 3.63) is 0 Å². The summed E-state index contributed by atoms with van der Waals surface area (Å²) in [5, 5.41) is 13.2. The van der Waals surface area contributed by atoms with Gasteiger partial charge in [0.05, 0.1) is 11.7 Å². The van der Waals surface area contributed by atoms with E-state index in [1.54, 1.807) is 7.11 Å². The third kappa shape index (κ3) is 5.83. The Morgan fingerprint density at radius 2 is 1.94 bits per heavy atom. The van der Waals surface area contributed by atoms with Crippen molar-refractivity contribution >= 4 is 5.91 Å². The molecule has 0 aromatic rings. The Balaban J connectivity index is 2.23. The first-order valence-corrected chi connectivity index (χ1v) is 7.08. The van der Waals surface area contributed by atoms with Crippen molar-refractivity contribution in [2.24, 2.45) is 0 Å². The van der Waals surface area contributed by atoms with Crippen LogP contribution in [0.2, 0.25) is 0 Å². The minimum atomic E-state index is -0.682. The molecule has 1 saturated carbocycles. The predicted octanol–water partition coefficient (Wildman–Crippen LogP) is 2.00. The van der Waals surface area contributed by atoms with Crippen molar-refractivity contribution in [1.82, 2.24) is 5.32 Å². The highest BCUT2D eigenvalue weighted by molar-refractivity contribution is 5.75. The average molecular weight is 257 g/mol. The lowest BCUT2D eigenvalue weighted by atomic mass is 9.94. The predicted molar refractivity (Wildman–Crippen MR) is 71.4 cm³/mol. The summed E-state index contributed by atoms with van der Waals surface area (Å²) in [5.41, 5.74) is -0.682. The molecule has 0 heterocycles. The van der Waals surface area contributed by atoms with Gasteiger partial charge >= 0.3 is 0 Å². The number of ether oxygens (including phenoxy) is 1. The Morgan fingerprint density at radius 3 is 2.50 bits per heavy atom. The van der Waals surface area contributed by atoms with Gasteiger partial charge in [0, 0.05) is 20.1 Å². The zero-order chi connectivity index (χ0) is 13.4. The van der Waals surface area contributed by atoms with E-state index in [9.17, 15) is 9.90 Å². The van der Waals surface area contributed by atoms with Crippen LogP contribution in [0.1, 0.15) is 58.3 Å². The zero-order valence-corrected chi connectivity index (χ0v) is 11.7. The summed E-state index contributed by atoms with van der Waals surface area (Å²) in [4.78, 5) is 11.7. The van der Waals surface area contributed by atoms with Crippen LogP contribution in [0.25, 0.3) is 0 Å². The maximum Gasteiger partial charge on any atom is 0.220 e. The van der Waals surface area contributed by atoms with E-state index < -0.39 is 5.60 Å². The van der Waals surface area contributed by atoms with E-state index in [1.807, 2.05) is 6.92 Å². The Bertz CT molecular complexity index is 247. The number of hydrogen-bond donors (Lipinski definition) is 2. The molecule has 1 amide bonds. The summed E-state index contributed by atoms with van der Waals surface area (Å²) >= 11 is 0. The number of nitrogens with one attached hydrogen (secondary N) is 1. The van der Waals surface area contributed by atoms with Crippen molar-refractivity contribution in [2.75, 3.05) is 13.7 Å². The smallest absolute Gasteiger partial charge is 0.220 e. The van der Waals surface area contributed by atoms with Crippen LogP contribution >= 0.6 is 0 Å². The van der Waals surface area contributed by atoms with Crippen LogP contribution in [0, 0.1) is 0 Å². The normalized spacial score (nSPS) is 21.1. The van der Waals surface area contributed by atoms with Gasteiger partial charge in [-0.2, -0.15) is 0 Å². The number of rotatable bonds is 6. The lowest BCUT2D eigenvalue weighted by Crippen LogP contribution is -2.42. The average Bonchev–Trinajstić information content (AvgIpc) is 2.59. The van der Waals surface area contributed by atoms with E-state index in [0.717, 1.165) is 32.1 Å². The van der Waals surface area contributed by atoms with E-state index in [2.05, 4.69) is 5.32 Å². The molecule has 4 nitrogen and oxygen atoms in total. The van der Waals surface area contributed by atoms with Gasteiger partial charge in [0.15, 0.2) is 0 Å². The summed E-state index contributed by atoms with van der Waals surface area (Å²) in [6.07, 6.45) is 7.43. The number of methoxy groups -OCH3 is 1. The topological polar surface area (TPSA) is 58.6 Å². The van der Waals surface area contributed by atoms with E-state index >= 15 is 0 Å². The first kappa shape index (κ1) is 15.4. The molecule has 18 heavy (non-hydrogen) atoms. The number of carbonyl (C=O) groups is 1. The highest BCUT2D eigenvalue weighted by atomic mass is 16.5. The molecule has 4 heteroatoms. The van der Waals surface area contributed by atoms with Gasteiger partial charge in [-0.15, -0.1) is 0 Å². The van der Waals surface area contributed by atoms with E-state index in [1.165, 1.54) is 12.8 Å². The maximum atomic E-state index is 11.7. The van der Waals surface area contributed by atoms with Gasteiger partial charge in [-0.3, -0.25) is 4.79 Å². The lowest BCUT2D eigenvalue weighted by molar-refractivity contribution is -0.123. The second-order valence-electron chi connectivity index (χ2n) is 5.50. The second kappa shape index (κ2) is 7.74. The molecule has 0 saturated heterocycles. The van der Waals surface area contributed by atoms with Crippen molar-refractivity contribution < 1.29 is 14.6 Å². The van der Waals surface area contributed by atoms with Crippen molar-refractivity contribution in [3.8, 4) is 0 Å². The molecule has 1 rings (SSSR count). The summed E-state index contributed by atoms with van der Waals surface area (Å²) in [5.74, 6) is 0.0107. The summed E-state index contributed by atoms with van der Waals surface area (Å²) in [6.45, 7) is 2.35. The SMILES string of the molecule is COC(C)CCC(=O)NCC1(O)CCCCCC1. The van der Waals surface area contributed by atoms with Crippen molar-refractivity contribution in [1.29, 1.82) is 0 Å². The molecule has 0 aromatic carbocycles. The Hall–Kier alpha value is -0.610. The Labute approximate surface area is 110 Å². The molecule has 1 fully saturated rings. The van der Waals surface area contributed by atoms with Gasteiger partial charge in [0.2, 0.25) is 5.91 Å². The third-order valence-electron chi connectivity index (χ3n) is 3.83. The molecule has 0 aromatic heterocycles. The van der Waals surface area contributed by atoms with Gasteiger partial charge < -0.3 is 15.2 Å². The fourth-order valence-electron chi connectivity index (χ4n) is 2.37. The molecule has 0 radical (unpaired) electrons. The highest BCUT2D eigenvalue weighted by Crippen LogP contribution is 2.26. The first-order valence-electron chi connectivity index (χ1n) is 7.08. The van der Waals surface area contributed by atoms with Crippen LogP contribution in [-0.2, 0) is 9.53 Å². The minimum absolute atomic E-state index is 0.0107. The molecule has 0 bridgehead atoms. The van der Waals surface area contributed by atoms with Crippen LogP contribution in [0.5, 0.6) is 0 Å². The van der Waals surface area contributed by atoms with Crippen molar-refractivity contribution in [3.63, 3.8) is 0 Å². The molecular formula is C14H27NO3. The number of amides is 1. The molecule has 1 aliphatic rings. The van der Waals surface area contributed by atoms with E-state index in [4.69, 9.17) is 4.74 Å². The molecule has 2 N–H and O–H groups in total. The molecule has 0 spiro atoms. The second-order valence-corrected chi connectivity index (χ2v) is 5.50. The fourth-order valence-corrected chi connectivity index (χ4v) is 2.37. The monoisotopic (exact) mass is 257 g/mol. The van der Waals surface area contributed by atoms with Gasteiger partial charge in [-0.25, -0.2) is 0 Å². The molecule has 106 valence electrons. The molecular weight excluding hydrogens is 230 g/mol. The molecule has 0 aliphatic heterocycles. The van der Waals surface area contributed by atoms with Crippen LogP contribution in [0.3, 0.4) is 0 Å². The summed E-state index contributed by atoms with van der Waals surface area (Å²) in [6, 6.07) is 0. The van der Waals surface area contributed by atoms with Gasteiger partial charge in [0.1, 0.15) is 0 Å². The summed E-state index contributed by atoms with van der Waals surface area (Å²) < 4.78 is 5.10. The van der Waals surface area contributed by atoms with Crippen molar-refractivity contribution in [2.45, 2.75) is 70.0 Å². The fraction of sp³-hybridized carbons (Fsp3) is 0.929. The highest BCUT2D eigenvalue weighted by Gasteiger charge is 2.28. The van der Waals surface area contributed by atoms with E-state index in [-0.39, 0.29) is 12.0 Å². The number of hydrogen-bond acceptors (Lipinski definition) is 3.